The predicted molar refractivity (Wildman–Crippen MR) is 80.6 cm³/mol. The fraction of sp³-hybridized carbons (Fsp3) is 0.0667. The number of anilines is 1. The third kappa shape index (κ3) is 3.01. The second-order valence-corrected chi connectivity index (χ2v) is 4.06. The van der Waals surface area contributed by atoms with Crippen molar-refractivity contribution in [1.82, 2.24) is 9.97 Å². The molecule has 0 aliphatic rings. The van der Waals surface area contributed by atoms with Gasteiger partial charge in [0.15, 0.2) is 0 Å². The molecule has 0 radical (unpaired) electrons. The maximum atomic E-state index is 4.35. The van der Waals surface area contributed by atoms with Gasteiger partial charge in [0.05, 0.1) is 17.8 Å². The normalized spacial score (nSPS) is 9.89. The number of hydrogen-bond donors (Lipinski definition) is 1. The lowest BCUT2D eigenvalue weighted by Gasteiger charge is -2.07. The highest BCUT2D eigenvalue weighted by atomic mass is 35.5. The summed E-state index contributed by atoms with van der Waals surface area (Å²) in [6, 6.07) is 18.2. The molecule has 4 heteroatoms. The average molecular weight is 272 g/mol. The van der Waals surface area contributed by atoms with Gasteiger partial charge in [-0.2, -0.15) is 0 Å². The second kappa shape index (κ2) is 6.16. The Hall–Kier alpha value is -2.13. The fourth-order valence-corrected chi connectivity index (χ4v) is 1.94. The molecule has 0 amide bonds. The standard InChI is InChI=1S/C15H13N3.ClH/c1-2-6-12(7-3-1)16-10-15-13-8-4-5-9-14(13)17-11-18-15;/h1-9,11,16H,10H2;1H. The van der Waals surface area contributed by atoms with Gasteiger partial charge < -0.3 is 5.32 Å². The Kier molecular flexibility index (Phi) is 4.31. The van der Waals surface area contributed by atoms with Crippen molar-refractivity contribution in [3.05, 3.63) is 66.6 Å². The number of hydrogen-bond acceptors (Lipinski definition) is 3. The zero-order valence-electron chi connectivity index (χ0n) is 10.3. The SMILES string of the molecule is Cl.c1ccc(NCc2ncnc3ccccc23)cc1. The zero-order chi connectivity index (χ0) is 12.2. The van der Waals surface area contributed by atoms with Crippen molar-refractivity contribution in [3.63, 3.8) is 0 Å². The van der Waals surface area contributed by atoms with Crippen LogP contribution in [0.25, 0.3) is 10.9 Å². The molecule has 0 bridgehead atoms. The molecule has 0 saturated carbocycles. The maximum Gasteiger partial charge on any atom is 0.116 e. The van der Waals surface area contributed by atoms with Gasteiger partial charge in [-0.25, -0.2) is 9.97 Å². The number of aromatic nitrogens is 2. The van der Waals surface area contributed by atoms with Crippen LogP contribution in [0.3, 0.4) is 0 Å². The molecule has 1 N–H and O–H groups in total. The first-order valence-electron chi connectivity index (χ1n) is 5.91. The summed E-state index contributed by atoms with van der Waals surface area (Å²) in [5, 5.41) is 4.46. The summed E-state index contributed by atoms with van der Waals surface area (Å²) in [5.74, 6) is 0. The van der Waals surface area contributed by atoms with E-state index >= 15 is 0 Å². The van der Waals surface area contributed by atoms with E-state index in [0.717, 1.165) is 22.3 Å². The van der Waals surface area contributed by atoms with E-state index in [1.165, 1.54) is 0 Å². The highest BCUT2D eigenvalue weighted by molar-refractivity contribution is 5.85. The number of rotatable bonds is 3. The summed E-state index contributed by atoms with van der Waals surface area (Å²) in [6.07, 6.45) is 1.62. The molecule has 96 valence electrons. The molecule has 1 aromatic heterocycles. The minimum absolute atomic E-state index is 0. The van der Waals surface area contributed by atoms with Crippen LogP contribution in [0.15, 0.2) is 60.9 Å². The summed E-state index contributed by atoms with van der Waals surface area (Å²) >= 11 is 0. The maximum absolute atomic E-state index is 4.35. The summed E-state index contributed by atoms with van der Waals surface area (Å²) in [6.45, 7) is 0.701. The van der Waals surface area contributed by atoms with Crippen LogP contribution >= 0.6 is 12.4 Å². The van der Waals surface area contributed by atoms with Crippen LogP contribution in [0.1, 0.15) is 5.69 Å². The molecule has 3 rings (SSSR count). The van der Waals surface area contributed by atoms with E-state index in [2.05, 4.69) is 21.4 Å². The summed E-state index contributed by atoms with van der Waals surface area (Å²) in [4.78, 5) is 8.61. The number of benzene rings is 2. The Morgan fingerprint density at radius 1 is 0.842 bits per heavy atom. The molecule has 0 aliphatic carbocycles. The van der Waals surface area contributed by atoms with Gasteiger partial charge >= 0.3 is 0 Å². The summed E-state index contributed by atoms with van der Waals surface area (Å²) in [5.41, 5.74) is 3.10. The van der Waals surface area contributed by atoms with Gasteiger partial charge in [0.1, 0.15) is 6.33 Å². The van der Waals surface area contributed by atoms with Crippen molar-refractivity contribution in [2.45, 2.75) is 6.54 Å². The fourth-order valence-electron chi connectivity index (χ4n) is 1.94. The summed E-state index contributed by atoms with van der Waals surface area (Å²) < 4.78 is 0. The van der Waals surface area contributed by atoms with Crippen molar-refractivity contribution in [2.24, 2.45) is 0 Å². The number of para-hydroxylation sites is 2. The molecular formula is C15H14ClN3. The van der Waals surface area contributed by atoms with E-state index in [9.17, 15) is 0 Å². The van der Waals surface area contributed by atoms with E-state index in [1.54, 1.807) is 6.33 Å². The van der Waals surface area contributed by atoms with E-state index in [0.29, 0.717) is 6.54 Å². The van der Waals surface area contributed by atoms with Crippen molar-refractivity contribution >= 4 is 29.0 Å². The predicted octanol–water partition coefficient (Wildman–Crippen LogP) is 3.66. The number of fused-ring (bicyclic) bond motifs is 1. The van der Waals surface area contributed by atoms with Gasteiger partial charge in [0.2, 0.25) is 0 Å². The summed E-state index contributed by atoms with van der Waals surface area (Å²) in [7, 11) is 0. The molecule has 0 atom stereocenters. The van der Waals surface area contributed by atoms with Crippen molar-refractivity contribution in [2.75, 3.05) is 5.32 Å². The Morgan fingerprint density at radius 2 is 1.58 bits per heavy atom. The number of halogens is 1. The van der Waals surface area contributed by atoms with Crippen LogP contribution in [0.4, 0.5) is 5.69 Å². The highest BCUT2D eigenvalue weighted by Gasteiger charge is 2.02. The van der Waals surface area contributed by atoms with Crippen LogP contribution in [-0.4, -0.2) is 9.97 Å². The van der Waals surface area contributed by atoms with Crippen molar-refractivity contribution in [3.8, 4) is 0 Å². The van der Waals surface area contributed by atoms with E-state index in [1.807, 2.05) is 48.5 Å². The topological polar surface area (TPSA) is 37.8 Å². The van der Waals surface area contributed by atoms with Crippen LogP contribution in [0.5, 0.6) is 0 Å². The minimum Gasteiger partial charge on any atom is -0.379 e. The molecule has 3 nitrogen and oxygen atoms in total. The molecular weight excluding hydrogens is 258 g/mol. The average Bonchev–Trinajstić information content (AvgIpc) is 2.46. The quantitative estimate of drug-likeness (QED) is 0.790. The Labute approximate surface area is 118 Å². The van der Waals surface area contributed by atoms with Gasteiger partial charge in [-0.1, -0.05) is 36.4 Å². The van der Waals surface area contributed by atoms with Crippen LogP contribution in [0.2, 0.25) is 0 Å². The molecule has 1 heterocycles. The van der Waals surface area contributed by atoms with Crippen LogP contribution < -0.4 is 5.32 Å². The van der Waals surface area contributed by atoms with Gasteiger partial charge in [-0.05, 0) is 18.2 Å². The Morgan fingerprint density at radius 3 is 2.42 bits per heavy atom. The lowest BCUT2D eigenvalue weighted by molar-refractivity contribution is 1.04. The Bertz CT molecular complexity index is 650. The molecule has 19 heavy (non-hydrogen) atoms. The van der Waals surface area contributed by atoms with Gasteiger partial charge in [-0.15, -0.1) is 12.4 Å². The molecule has 0 spiro atoms. The largest absolute Gasteiger partial charge is 0.379 e. The van der Waals surface area contributed by atoms with E-state index in [-0.39, 0.29) is 12.4 Å². The third-order valence-electron chi connectivity index (χ3n) is 2.86. The smallest absolute Gasteiger partial charge is 0.116 e. The van der Waals surface area contributed by atoms with Gasteiger partial charge in [-0.3, -0.25) is 0 Å². The first-order valence-corrected chi connectivity index (χ1v) is 5.91. The van der Waals surface area contributed by atoms with Crippen LogP contribution in [-0.2, 0) is 6.54 Å². The second-order valence-electron chi connectivity index (χ2n) is 4.06. The van der Waals surface area contributed by atoms with Crippen LogP contribution in [0, 0.1) is 0 Å². The molecule has 0 unspecified atom stereocenters. The lowest BCUT2D eigenvalue weighted by Crippen LogP contribution is -2.02. The molecule has 0 aliphatic heterocycles. The number of nitrogens with one attached hydrogen (secondary N) is 1. The van der Waals surface area contributed by atoms with E-state index < -0.39 is 0 Å². The minimum atomic E-state index is 0. The monoisotopic (exact) mass is 271 g/mol. The first-order chi connectivity index (χ1) is 8.93. The first kappa shape index (κ1) is 13.3. The number of nitrogens with zero attached hydrogens (tertiary/aromatic N) is 2. The molecule has 0 fully saturated rings. The lowest BCUT2D eigenvalue weighted by atomic mass is 10.2. The molecule has 2 aromatic carbocycles. The van der Waals surface area contributed by atoms with E-state index in [4.69, 9.17) is 0 Å². The Balaban J connectivity index is 0.00000133. The van der Waals surface area contributed by atoms with Crippen molar-refractivity contribution in [1.29, 1.82) is 0 Å². The van der Waals surface area contributed by atoms with Crippen molar-refractivity contribution < 1.29 is 0 Å². The van der Waals surface area contributed by atoms with Gasteiger partial charge in [0.25, 0.3) is 0 Å². The third-order valence-corrected chi connectivity index (χ3v) is 2.86. The highest BCUT2D eigenvalue weighted by Crippen LogP contribution is 2.15. The molecule has 3 aromatic rings. The molecule has 0 saturated heterocycles. The van der Waals surface area contributed by atoms with Gasteiger partial charge in [0, 0.05) is 11.1 Å². The zero-order valence-corrected chi connectivity index (χ0v) is 11.1.